The zero-order valence-electron chi connectivity index (χ0n) is 15.9. The summed E-state index contributed by atoms with van der Waals surface area (Å²) in [5.41, 5.74) is 3.39. The Balaban J connectivity index is 1.87. The number of hydrogen-bond acceptors (Lipinski definition) is 5. The molecular formula is C18H24N2O4S3. The van der Waals surface area contributed by atoms with Crippen LogP contribution in [0.5, 0.6) is 0 Å². The highest BCUT2D eigenvalue weighted by Crippen LogP contribution is 2.30. The summed E-state index contributed by atoms with van der Waals surface area (Å²) in [4.78, 5) is 0.356. The van der Waals surface area contributed by atoms with Crippen molar-refractivity contribution in [3.63, 3.8) is 0 Å². The molecule has 27 heavy (non-hydrogen) atoms. The molecule has 1 aliphatic rings. The van der Waals surface area contributed by atoms with E-state index in [1.54, 1.807) is 17.5 Å². The molecule has 148 valence electrons. The third kappa shape index (κ3) is 3.58. The molecule has 9 heteroatoms. The van der Waals surface area contributed by atoms with Crippen LogP contribution in [-0.4, -0.2) is 51.6 Å². The van der Waals surface area contributed by atoms with Gasteiger partial charge in [0.1, 0.15) is 4.21 Å². The molecular weight excluding hydrogens is 404 g/mol. The van der Waals surface area contributed by atoms with E-state index in [4.69, 9.17) is 0 Å². The SMILES string of the molecule is Cc1cc(C)c(C)c(S(=O)(=O)N2CCN(S(=O)(=O)c3cccs3)CC2)c1C. The van der Waals surface area contributed by atoms with Crippen molar-refractivity contribution < 1.29 is 16.8 Å². The van der Waals surface area contributed by atoms with E-state index in [1.807, 2.05) is 33.8 Å². The molecule has 0 N–H and O–H groups in total. The molecule has 6 nitrogen and oxygen atoms in total. The summed E-state index contributed by atoms with van der Waals surface area (Å²) >= 11 is 1.17. The Labute approximate surface area is 165 Å². The molecule has 0 unspecified atom stereocenters. The van der Waals surface area contributed by atoms with Gasteiger partial charge in [0.15, 0.2) is 0 Å². The summed E-state index contributed by atoms with van der Waals surface area (Å²) in [6.07, 6.45) is 0. The number of aryl methyl sites for hydroxylation is 2. The minimum Gasteiger partial charge on any atom is -0.207 e. The summed E-state index contributed by atoms with van der Waals surface area (Å²) in [5, 5.41) is 1.72. The number of sulfonamides is 2. The minimum atomic E-state index is -3.68. The zero-order chi connectivity index (χ0) is 20.0. The highest BCUT2D eigenvalue weighted by molar-refractivity contribution is 7.91. The maximum absolute atomic E-state index is 13.3. The van der Waals surface area contributed by atoms with Gasteiger partial charge in [-0.2, -0.15) is 8.61 Å². The molecule has 1 fully saturated rings. The number of benzene rings is 1. The summed E-state index contributed by atoms with van der Waals surface area (Å²) in [6.45, 7) is 8.08. The van der Waals surface area contributed by atoms with E-state index >= 15 is 0 Å². The van der Waals surface area contributed by atoms with Crippen molar-refractivity contribution in [3.8, 4) is 0 Å². The van der Waals surface area contributed by atoms with Gasteiger partial charge >= 0.3 is 0 Å². The second-order valence-corrected chi connectivity index (χ2v) is 11.8. The van der Waals surface area contributed by atoms with Crippen LogP contribution in [0.2, 0.25) is 0 Å². The predicted molar refractivity (Wildman–Crippen MR) is 107 cm³/mol. The standard InChI is InChI=1S/C18H24N2O4S3/c1-13-12-14(2)16(4)18(15(13)3)27(23,24)20-9-7-19(8-10-20)26(21,22)17-6-5-11-25-17/h5-6,11-12H,7-10H2,1-4H3. The Hall–Kier alpha value is -1.26. The van der Waals surface area contributed by atoms with Gasteiger partial charge in [0.25, 0.3) is 10.0 Å². The summed E-state index contributed by atoms with van der Waals surface area (Å²) in [5.74, 6) is 0. The Bertz CT molecular complexity index is 1020. The van der Waals surface area contributed by atoms with Crippen LogP contribution in [0.15, 0.2) is 32.7 Å². The average Bonchev–Trinajstić information content (AvgIpc) is 3.16. The van der Waals surface area contributed by atoms with E-state index < -0.39 is 20.0 Å². The second-order valence-electron chi connectivity index (χ2n) is 6.83. The lowest BCUT2D eigenvalue weighted by atomic mass is 10.0. The van der Waals surface area contributed by atoms with Gasteiger partial charge in [0.05, 0.1) is 4.90 Å². The van der Waals surface area contributed by atoms with Crippen LogP contribution in [-0.2, 0) is 20.0 Å². The maximum atomic E-state index is 13.3. The van der Waals surface area contributed by atoms with E-state index in [0.29, 0.717) is 9.10 Å². The topological polar surface area (TPSA) is 74.8 Å². The van der Waals surface area contributed by atoms with Crippen molar-refractivity contribution in [1.82, 2.24) is 8.61 Å². The fraction of sp³-hybridized carbons (Fsp3) is 0.444. The first kappa shape index (κ1) is 20.5. The van der Waals surface area contributed by atoms with Crippen molar-refractivity contribution >= 4 is 31.4 Å². The summed E-state index contributed by atoms with van der Waals surface area (Å²) in [6, 6.07) is 5.27. The summed E-state index contributed by atoms with van der Waals surface area (Å²) < 4.78 is 54.9. The molecule has 0 atom stereocenters. The molecule has 1 aromatic carbocycles. The van der Waals surface area contributed by atoms with Gasteiger partial charge in [-0.25, -0.2) is 16.8 Å². The first-order valence-corrected chi connectivity index (χ1v) is 12.4. The maximum Gasteiger partial charge on any atom is 0.252 e. The van der Waals surface area contributed by atoms with Gasteiger partial charge in [-0.3, -0.25) is 0 Å². The molecule has 0 aliphatic carbocycles. The van der Waals surface area contributed by atoms with Crippen LogP contribution in [0.4, 0.5) is 0 Å². The minimum absolute atomic E-state index is 0.152. The number of rotatable bonds is 4. The molecule has 1 aliphatic heterocycles. The van der Waals surface area contributed by atoms with Crippen LogP contribution in [0, 0.1) is 27.7 Å². The average molecular weight is 429 g/mol. The highest BCUT2D eigenvalue weighted by Gasteiger charge is 2.35. The van der Waals surface area contributed by atoms with E-state index in [0.717, 1.165) is 22.3 Å². The first-order valence-electron chi connectivity index (χ1n) is 8.68. The number of thiophene rings is 1. The molecule has 0 amide bonds. The molecule has 0 radical (unpaired) electrons. The van der Waals surface area contributed by atoms with Gasteiger partial charge in [-0.05, 0) is 61.4 Å². The number of nitrogens with zero attached hydrogens (tertiary/aromatic N) is 2. The molecule has 1 aromatic heterocycles. The van der Waals surface area contributed by atoms with Crippen molar-refractivity contribution in [2.45, 2.75) is 36.8 Å². The Morgan fingerprint density at radius 2 is 1.30 bits per heavy atom. The van der Waals surface area contributed by atoms with Crippen molar-refractivity contribution in [2.24, 2.45) is 0 Å². The lowest BCUT2D eigenvalue weighted by Crippen LogP contribution is -2.50. The van der Waals surface area contributed by atoms with E-state index in [2.05, 4.69) is 0 Å². The van der Waals surface area contributed by atoms with Gasteiger partial charge in [-0.15, -0.1) is 11.3 Å². The molecule has 1 saturated heterocycles. The highest BCUT2D eigenvalue weighted by atomic mass is 32.2. The molecule has 0 spiro atoms. The van der Waals surface area contributed by atoms with E-state index in [1.165, 1.54) is 19.9 Å². The van der Waals surface area contributed by atoms with E-state index in [-0.39, 0.29) is 26.2 Å². The van der Waals surface area contributed by atoms with Crippen molar-refractivity contribution in [2.75, 3.05) is 26.2 Å². The predicted octanol–water partition coefficient (Wildman–Crippen LogP) is 2.68. The van der Waals surface area contributed by atoms with Crippen LogP contribution < -0.4 is 0 Å². The Kier molecular flexibility index (Phi) is 5.53. The van der Waals surface area contributed by atoms with Crippen LogP contribution >= 0.6 is 11.3 Å². The molecule has 0 saturated carbocycles. The third-order valence-electron chi connectivity index (χ3n) is 5.18. The van der Waals surface area contributed by atoms with Gasteiger partial charge < -0.3 is 0 Å². The number of hydrogen-bond donors (Lipinski definition) is 0. The molecule has 0 bridgehead atoms. The zero-order valence-corrected chi connectivity index (χ0v) is 18.3. The fourth-order valence-corrected chi connectivity index (χ4v) is 7.95. The lowest BCUT2D eigenvalue weighted by molar-refractivity contribution is 0.273. The second kappa shape index (κ2) is 7.29. The normalized spacial score (nSPS) is 17.3. The fourth-order valence-electron chi connectivity index (χ4n) is 3.38. The molecule has 2 aromatic rings. The largest absolute Gasteiger partial charge is 0.252 e. The number of piperazine rings is 1. The monoisotopic (exact) mass is 428 g/mol. The van der Waals surface area contributed by atoms with Gasteiger partial charge in [-0.1, -0.05) is 12.1 Å². The molecule has 3 rings (SSSR count). The first-order chi connectivity index (χ1) is 12.6. The van der Waals surface area contributed by atoms with Crippen LogP contribution in [0.25, 0.3) is 0 Å². The third-order valence-corrected chi connectivity index (χ3v) is 10.6. The molecule has 2 heterocycles. The van der Waals surface area contributed by atoms with E-state index in [9.17, 15) is 16.8 Å². The van der Waals surface area contributed by atoms with Crippen molar-refractivity contribution in [1.29, 1.82) is 0 Å². The smallest absolute Gasteiger partial charge is 0.207 e. The Morgan fingerprint density at radius 3 is 1.74 bits per heavy atom. The van der Waals surface area contributed by atoms with Crippen LogP contribution in [0.1, 0.15) is 22.3 Å². The Morgan fingerprint density at radius 1 is 0.815 bits per heavy atom. The van der Waals surface area contributed by atoms with Crippen molar-refractivity contribution in [3.05, 3.63) is 45.8 Å². The lowest BCUT2D eigenvalue weighted by Gasteiger charge is -2.33. The summed E-state index contributed by atoms with van der Waals surface area (Å²) in [7, 11) is -7.23. The van der Waals surface area contributed by atoms with Gasteiger partial charge in [0, 0.05) is 26.2 Å². The van der Waals surface area contributed by atoms with Gasteiger partial charge in [0.2, 0.25) is 10.0 Å². The van der Waals surface area contributed by atoms with Crippen LogP contribution in [0.3, 0.4) is 0 Å². The quantitative estimate of drug-likeness (QED) is 0.750.